The zero-order valence-electron chi connectivity index (χ0n) is 5.34. The van der Waals surface area contributed by atoms with Crippen molar-refractivity contribution in [2.75, 3.05) is 20.1 Å². The second-order valence-electron chi connectivity index (χ2n) is 2.47. The van der Waals surface area contributed by atoms with Crippen LogP contribution >= 0.6 is 0 Å². The van der Waals surface area contributed by atoms with Crippen LogP contribution in [0.25, 0.3) is 0 Å². The summed E-state index contributed by atoms with van der Waals surface area (Å²) in [6.07, 6.45) is -0.931. The molecule has 2 unspecified atom stereocenters. The predicted molar refractivity (Wildman–Crippen MR) is 31.5 cm³/mol. The summed E-state index contributed by atoms with van der Waals surface area (Å²) in [6.45, 7) is 0.996. The fourth-order valence-corrected chi connectivity index (χ4v) is 1.07. The molecule has 0 aromatic carbocycles. The molecule has 1 aliphatic heterocycles. The Morgan fingerprint density at radius 1 is 1.67 bits per heavy atom. The first-order valence-electron chi connectivity index (χ1n) is 2.96. The first kappa shape index (κ1) is 6.50. The van der Waals surface area contributed by atoms with Crippen molar-refractivity contribution in [1.82, 2.24) is 4.90 Å². The molecule has 0 bridgehead atoms. The van der Waals surface area contributed by atoms with Gasteiger partial charge < -0.3 is 4.90 Å². The summed E-state index contributed by atoms with van der Waals surface area (Å²) in [7, 11) is 1.82. The lowest BCUT2D eigenvalue weighted by molar-refractivity contribution is 0.304. The van der Waals surface area contributed by atoms with E-state index in [1.54, 1.807) is 0 Å². The fraction of sp³-hybridized carbons (Fsp3) is 0.833. The Morgan fingerprint density at radius 2 is 2.33 bits per heavy atom. The Kier molecular flexibility index (Phi) is 1.68. The Hall–Kier alpha value is -0.620. The number of hydrogen-bond acceptors (Lipinski definition) is 2. The third-order valence-corrected chi connectivity index (χ3v) is 1.60. The van der Waals surface area contributed by atoms with E-state index < -0.39 is 12.1 Å². The number of hydrogen-bond donors (Lipinski definition) is 0. The average molecular weight is 128 g/mol. The zero-order valence-corrected chi connectivity index (χ0v) is 5.34. The van der Waals surface area contributed by atoms with Crippen molar-refractivity contribution in [3.05, 3.63) is 0 Å². The van der Waals surface area contributed by atoms with E-state index in [0.717, 1.165) is 0 Å². The first-order chi connectivity index (χ1) is 4.24. The van der Waals surface area contributed by atoms with Crippen LogP contribution in [0.4, 0.5) is 4.39 Å². The Labute approximate surface area is 53.9 Å². The van der Waals surface area contributed by atoms with Crippen molar-refractivity contribution in [3.8, 4) is 6.07 Å². The van der Waals surface area contributed by atoms with Crippen LogP contribution < -0.4 is 0 Å². The first-order valence-corrected chi connectivity index (χ1v) is 2.96. The van der Waals surface area contributed by atoms with E-state index in [4.69, 9.17) is 5.26 Å². The number of nitrogens with zero attached hydrogens (tertiary/aromatic N) is 2. The molecule has 1 rings (SSSR count). The second kappa shape index (κ2) is 2.32. The van der Waals surface area contributed by atoms with Crippen molar-refractivity contribution >= 4 is 0 Å². The van der Waals surface area contributed by atoms with Gasteiger partial charge in [0.05, 0.1) is 12.0 Å². The van der Waals surface area contributed by atoms with Crippen LogP contribution in [-0.2, 0) is 0 Å². The highest BCUT2D eigenvalue weighted by Gasteiger charge is 2.30. The summed E-state index contributed by atoms with van der Waals surface area (Å²) in [5, 5.41) is 8.34. The normalized spacial score (nSPS) is 36.6. The number of nitriles is 1. The maximum absolute atomic E-state index is 12.6. The van der Waals surface area contributed by atoms with Crippen LogP contribution in [-0.4, -0.2) is 31.2 Å². The lowest BCUT2D eigenvalue weighted by atomic mass is 10.1. The SMILES string of the molecule is CN1CC(F)C(C#N)C1. The van der Waals surface area contributed by atoms with Crippen molar-refractivity contribution in [3.63, 3.8) is 0 Å². The smallest absolute Gasteiger partial charge is 0.130 e. The largest absolute Gasteiger partial charge is 0.302 e. The van der Waals surface area contributed by atoms with Crippen molar-refractivity contribution < 1.29 is 4.39 Å². The standard InChI is InChI=1S/C6H9FN2/c1-9-3-5(2-8)6(7)4-9/h5-6H,3-4H2,1H3. The minimum absolute atomic E-state index is 0.394. The number of halogens is 1. The molecule has 1 fully saturated rings. The van der Waals surface area contributed by atoms with Gasteiger partial charge in [0.15, 0.2) is 0 Å². The molecule has 2 nitrogen and oxygen atoms in total. The van der Waals surface area contributed by atoms with Crippen molar-refractivity contribution in [2.45, 2.75) is 6.17 Å². The topological polar surface area (TPSA) is 27.0 Å². The van der Waals surface area contributed by atoms with Crippen LogP contribution in [0.5, 0.6) is 0 Å². The van der Waals surface area contributed by atoms with E-state index in [2.05, 4.69) is 0 Å². The van der Waals surface area contributed by atoms with Gasteiger partial charge in [-0.3, -0.25) is 0 Å². The van der Waals surface area contributed by atoms with Gasteiger partial charge in [0.2, 0.25) is 0 Å². The molecular formula is C6H9FN2. The molecule has 3 heteroatoms. The summed E-state index contributed by atoms with van der Waals surface area (Å²) in [5.41, 5.74) is 0. The highest BCUT2D eigenvalue weighted by molar-refractivity contribution is 4.95. The Bertz CT molecular complexity index is 140. The van der Waals surface area contributed by atoms with Gasteiger partial charge in [-0.15, -0.1) is 0 Å². The van der Waals surface area contributed by atoms with Crippen LogP contribution in [0.3, 0.4) is 0 Å². The van der Waals surface area contributed by atoms with Gasteiger partial charge >= 0.3 is 0 Å². The third kappa shape index (κ3) is 1.19. The molecule has 0 amide bonds. The van der Waals surface area contributed by atoms with Crippen LogP contribution in [0.1, 0.15) is 0 Å². The summed E-state index contributed by atoms with van der Waals surface area (Å²) >= 11 is 0. The van der Waals surface area contributed by atoms with Crippen LogP contribution in [0, 0.1) is 17.2 Å². The number of likely N-dealkylation sites (tertiary alicyclic amines) is 1. The van der Waals surface area contributed by atoms with Gasteiger partial charge in [0, 0.05) is 13.1 Å². The summed E-state index contributed by atoms with van der Waals surface area (Å²) in [4.78, 5) is 1.83. The van der Waals surface area contributed by atoms with E-state index in [-0.39, 0.29) is 0 Å². The van der Waals surface area contributed by atoms with Gasteiger partial charge in [-0.25, -0.2) is 4.39 Å². The van der Waals surface area contributed by atoms with Crippen molar-refractivity contribution in [2.24, 2.45) is 5.92 Å². The molecule has 0 aromatic rings. The second-order valence-corrected chi connectivity index (χ2v) is 2.47. The molecule has 0 aromatic heterocycles. The van der Waals surface area contributed by atoms with Crippen LogP contribution in [0.2, 0.25) is 0 Å². The quantitative estimate of drug-likeness (QED) is 0.472. The van der Waals surface area contributed by atoms with Crippen molar-refractivity contribution in [1.29, 1.82) is 5.26 Å². The molecule has 0 aliphatic carbocycles. The molecular weight excluding hydrogens is 119 g/mol. The van der Waals surface area contributed by atoms with E-state index >= 15 is 0 Å². The molecule has 0 saturated carbocycles. The highest BCUT2D eigenvalue weighted by atomic mass is 19.1. The molecule has 50 valence electrons. The lowest BCUT2D eigenvalue weighted by Gasteiger charge is -2.01. The summed E-state index contributed by atoms with van der Waals surface area (Å²) in [6, 6.07) is 1.93. The zero-order chi connectivity index (χ0) is 6.85. The molecule has 9 heavy (non-hydrogen) atoms. The monoisotopic (exact) mass is 128 g/mol. The van der Waals surface area contributed by atoms with Gasteiger partial charge in [0.1, 0.15) is 6.17 Å². The van der Waals surface area contributed by atoms with Gasteiger partial charge in [-0.2, -0.15) is 5.26 Å². The molecule has 0 N–H and O–H groups in total. The predicted octanol–water partition coefficient (Wildman–Crippen LogP) is 0.410. The molecule has 1 heterocycles. The third-order valence-electron chi connectivity index (χ3n) is 1.60. The molecule has 0 radical (unpaired) electrons. The number of rotatable bonds is 0. The van der Waals surface area contributed by atoms with E-state index in [9.17, 15) is 4.39 Å². The fourth-order valence-electron chi connectivity index (χ4n) is 1.07. The maximum Gasteiger partial charge on any atom is 0.130 e. The molecule has 1 saturated heterocycles. The number of alkyl halides is 1. The van der Waals surface area contributed by atoms with Crippen LogP contribution in [0.15, 0.2) is 0 Å². The summed E-state index contributed by atoms with van der Waals surface area (Å²) in [5.74, 6) is -0.394. The highest BCUT2D eigenvalue weighted by Crippen LogP contribution is 2.16. The minimum Gasteiger partial charge on any atom is -0.302 e. The lowest BCUT2D eigenvalue weighted by Crippen LogP contribution is -2.13. The molecule has 1 aliphatic rings. The Balaban J connectivity index is 2.50. The maximum atomic E-state index is 12.6. The van der Waals surface area contributed by atoms with Gasteiger partial charge in [0.25, 0.3) is 0 Å². The van der Waals surface area contributed by atoms with E-state index in [0.29, 0.717) is 13.1 Å². The summed E-state index contributed by atoms with van der Waals surface area (Å²) < 4.78 is 12.6. The Morgan fingerprint density at radius 3 is 2.56 bits per heavy atom. The minimum atomic E-state index is -0.931. The molecule has 0 spiro atoms. The van der Waals surface area contributed by atoms with Gasteiger partial charge in [-0.1, -0.05) is 0 Å². The van der Waals surface area contributed by atoms with Gasteiger partial charge in [-0.05, 0) is 7.05 Å². The van der Waals surface area contributed by atoms with E-state index in [1.807, 2.05) is 18.0 Å². The average Bonchev–Trinajstić information content (AvgIpc) is 2.10. The van der Waals surface area contributed by atoms with E-state index in [1.165, 1.54) is 0 Å². The molecule has 2 atom stereocenters.